The number of anilines is 2. The first kappa shape index (κ1) is 21.0. The second-order valence-corrected chi connectivity index (χ2v) is 7.05. The highest BCUT2D eigenvalue weighted by molar-refractivity contribution is 6.35. The van der Waals surface area contributed by atoms with E-state index in [0.717, 1.165) is 4.90 Å². The van der Waals surface area contributed by atoms with E-state index < -0.39 is 6.04 Å². The molecule has 3 N–H and O–H groups in total. The summed E-state index contributed by atoms with van der Waals surface area (Å²) in [6, 6.07) is 11.4. The summed E-state index contributed by atoms with van der Waals surface area (Å²) in [6.07, 6.45) is 0. The van der Waals surface area contributed by atoms with Gasteiger partial charge in [0.15, 0.2) is 12.6 Å². The number of methoxy groups -OCH3 is 1. The first-order valence-electron chi connectivity index (χ1n) is 8.31. The monoisotopic (exact) mass is 410 g/mol. The molecule has 2 rings (SSSR count). The highest BCUT2D eigenvalue weighted by atomic mass is 35.5. The van der Waals surface area contributed by atoms with Gasteiger partial charge in [-0.1, -0.05) is 29.3 Å². The number of rotatable bonds is 7. The van der Waals surface area contributed by atoms with Crippen LogP contribution < -0.4 is 20.3 Å². The Hall–Kier alpha value is -2.28. The minimum atomic E-state index is -0.459. The first-order chi connectivity index (χ1) is 12.8. The molecule has 2 aromatic rings. The Morgan fingerprint density at radius 1 is 1.07 bits per heavy atom. The van der Waals surface area contributed by atoms with Crippen molar-refractivity contribution in [3.05, 3.63) is 52.5 Å². The molecule has 2 atom stereocenters. The molecule has 0 bridgehead atoms. The van der Waals surface area contributed by atoms with Crippen LogP contribution in [0.1, 0.15) is 6.92 Å². The van der Waals surface area contributed by atoms with Gasteiger partial charge in [-0.25, -0.2) is 0 Å². The summed E-state index contributed by atoms with van der Waals surface area (Å²) < 4.78 is 5.13. The largest absolute Gasteiger partial charge is 0.497 e. The number of nitrogens with one attached hydrogen (secondary N) is 3. The number of ether oxygens (including phenoxy) is 1. The molecule has 2 aromatic carbocycles. The summed E-state index contributed by atoms with van der Waals surface area (Å²) >= 11 is 11.9. The Bertz CT molecular complexity index is 809. The van der Waals surface area contributed by atoms with Gasteiger partial charge in [-0.2, -0.15) is 0 Å². The molecule has 1 unspecified atom stereocenters. The molecule has 8 heteroatoms. The number of quaternary nitrogens is 1. The van der Waals surface area contributed by atoms with Crippen molar-refractivity contribution in [1.29, 1.82) is 0 Å². The van der Waals surface area contributed by atoms with E-state index in [1.807, 2.05) is 0 Å². The number of halogens is 2. The maximum Gasteiger partial charge on any atom is 0.282 e. The summed E-state index contributed by atoms with van der Waals surface area (Å²) in [5, 5.41) is 6.43. The lowest BCUT2D eigenvalue weighted by Gasteiger charge is -2.20. The number of carbonyl (C=O) groups excluding carboxylic acids is 2. The molecule has 2 amide bonds. The van der Waals surface area contributed by atoms with Gasteiger partial charge in [0.2, 0.25) is 0 Å². The lowest BCUT2D eigenvalue weighted by atomic mass is 10.2. The van der Waals surface area contributed by atoms with Crippen LogP contribution in [0.25, 0.3) is 0 Å². The molecule has 0 fully saturated rings. The maximum atomic E-state index is 12.4. The van der Waals surface area contributed by atoms with Gasteiger partial charge in [0.1, 0.15) is 5.75 Å². The Balaban J connectivity index is 1.92. The van der Waals surface area contributed by atoms with E-state index in [-0.39, 0.29) is 18.4 Å². The van der Waals surface area contributed by atoms with Crippen molar-refractivity contribution in [1.82, 2.24) is 0 Å². The molecule has 0 saturated heterocycles. The predicted molar refractivity (Wildman–Crippen MR) is 108 cm³/mol. The lowest BCUT2D eigenvalue weighted by molar-refractivity contribution is -0.885. The molecule has 0 aromatic heterocycles. The molecule has 6 nitrogen and oxygen atoms in total. The van der Waals surface area contributed by atoms with Gasteiger partial charge < -0.3 is 20.3 Å². The number of carbonyl (C=O) groups is 2. The van der Waals surface area contributed by atoms with Crippen LogP contribution in [-0.4, -0.2) is 38.6 Å². The zero-order chi connectivity index (χ0) is 20.0. The maximum absolute atomic E-state index is 12.4. The van der Waals surface area contributed by atoms with Crippen molar-refractivity contribution >= 4 is 46.4 Å². The molecule has 0 aliphatic rings. The zero-order valence-corrected chi connectivity index (χ0v) is 16.8. The summed E-state index contributed by atoms with van der Waals surface area (Å²) in [4.78, 5) is 25.4. The fourth-order valence-corrected chi connectivity index (χ4v) is 2.94. The van der Waals surface area contributed by atoms with Crippen LogP contribution in [0.3, 0.4) is 0 Å². The molecule has 0 aliphatic heterocycles. The van der Waals surface area contributed by atoms with Crippen molar-refractivity contribution in [2.24, 2.45) is 0 Å². The van der Waals surface area contributed by atoms with Gasteiger partial charge in [-0.15, -0.1) is 0 Å². The molecule has 0 spiro atoms. The van der Waals surface area contributed by atoms with Crippen LogP contribution in [0.2, 0.25) is 10.0 Å². The van der Waals surface area contributed by atoms with Crippen molar-refractivity contribution in [3.8, 4) is 5.75 Å². The van der Waals surface area contributed by atoms with Crippen LogP contribution in [0, 0.1) is 0 Å². The number of benzene rings is 2. The third-order valence-electron chi connectivity index (χ3n) is 4.06. The fraction of sp³-hybridized carbons (Fsp3) is 0.263. The van der Waals surface area contributed by atoms with Crippen molar-refractivity contribution in [2.75, 3.05) is 31.3 Å². The highest BCUT2D eigenvalue weighted by Crippen LogP contribution is 2.22. The Labute approximate surface area is 168 Å². The summed E-state index contributed by atoms with van der Waals surface area (Å²) in [5.74, 6) is 0.215. The molecule has 0 radical (unpaired) electrons. The average molecular weight is 411 g/mol. The average Bonchev–Trinajstić information content (AvgIpc) is 2.60. The minimum absolute atomic E-state index is 0.127. The summed E-state index contributed by atoms with van der Waals surface area (Å²) in [5.41, 5.74) is 1.15. The van der Waals surface area contributed by atoms with Gasteiger partial charge in [-0.05, 0) is 37.3 Å². The molecule has 27 heavy (non-hydrogen) atoms. The number of hydrogen-bond acceptors (Lipinski definition) is 3. The van der Waals surface area contributed by atoms with E-state index in [1.54, 1.807) is 63.5 Å². The predicted octanol–water partition coefficient (Wildman–Crippen LogP) is 2.48. The Morgan fingerprint density at radius 3 is 2.37 bits per heavy atom. The fourth-order valence-electron chi connectivity index (χ4n) is 2.41. The van der Waals surface area contributed by atoms with Gasteiger partial charge in [-0.3, -0.25) is 9.59 Å². The van der Waals surface area contributed by atoms with Gasteiger partial charge >= 0.3 is 0 Å². The molecule has 0 aliphatic carbocycles. The van der Waals surface area contributed by atoms with E-state index in [9.17, 15) is 9.59 Å². The smallest absolute Gasteiger partial charge is 0.282 e. The van der Waals surface area contributed by atoms with Crippen LogP contribution in [0.15, 0.2) is 42.5 Å². The van der Waals surface area contributed by atoms with Crippen LogP contribution >= 0.6 is 23.2 Å². The third-order valence-corrected chi connectivity index (χ3v) is 4.49. The van der Waals surface area contributed by atoms with E-state index in [0.29, 0.717) is 27.2 Å². The second kappa shape index (κ2) is 9.60. The third kappa shape index (κ3) is 6.43. The summed E-state index contributed by atoms with van der Waals surface area (Å²) in [6.45, 7) is 1.87. The minimum Gasteiger partial charge on any atom is -0.497 e. The van der Waals surface area contributed by atoms with Crippen LogP contribution in [0.5, 0.6) is 5.75 Å². The van der Waals surface area contributed by atoms with Crippen molar-refractivity contribution in [3.63, 3.8) is 0 Å². The van der Waals surface area contributed by atoms with Crippen LogP contribution in [0.4, 0.5) is 11.4 Å². The second-order valence-electron chi connectivity index (χ2n) is 6.17. The molecule has 0 saturated carbocycles. The van der Waals surface area contributed by atoms with E-state index in [1.165, 1.54) is 0 Å². The lowest BCUT2D eigenvalue weighted by Crippen LogP contribution is -3.14. The molecular formula is C19H22Cl2N3O3+. The number of amides is 2. The standard InChI is InChI=1S/C19H21Cl2N3O3/c1-12(19(26)23-16-8-13(20)7-14(21)9-16)24(2)11-18(25)22-15-5-4-6-17(10-15)27-3/h4-10,12H,11H2,1-3H3,(H,22,25)(H,23,26)/p+1/t12-/m0/s1. The van der Waals surface area contributed by atoms with Gasteiger partial charge in [0, 0.05) is 27.5 Å². The zero-order valence-electron chi connectivity index (χ0n) is 15.3. The Kier molecular flexibility index (Phi) is 7.47. The topological polar surface area (TPSA) is 71.9 Å². The molecular weight excluding hydrogens is 389 g/mol. The highest BCUT2D eigenvalue weighted by Gasteiger charge is 2.24. The Morgan fingerprint density at radius 2 is 1.74 bits per heavy atom. The van der Waals surface area contributed by atoms with Gasteiger partial charge in [0.05, 0.1) is 14.2 Å². The van der Waals surface area contributed by atoms with Crippen molar-refractivity contribution < 1.29 is 19.2 Å². The first-order valence-corrected chi connectivity index (χ1v) is 9.07. The van der Waals surface area contributed by atoms with E-state index >= 15 is 0 Å². The summed E-state index contributed by atoms with van der Waals surface area (Å²) in [7, 11) is 3.34. The normalized spacial score (nSPS) is 12.8. The number of likely N-dealkylation sites (N-methyl/N-ethyl adjacent to an activating group) is 1. The number of hydrogen-bond donors (Lipinski definition) is 3. The van der Waals surface area contributed by atoms with Crippen LogP contribution in [-0.2, 0) is 9.59 Å². The molecule has 144 valence electrons. The van der Waals surface area contributed by atoms with Gasteiger partial charge in [0.25, 0.3) is 11.8 Å². The van der Waals surface area contributed by atoms with E-state index in [4.69, 9.17) is 27.9 Å². The molecule has 0 heterocycles. The quantitative estimate of drug-likeness (QED) is 0.656. The van der Waals surface area contributed by atoms with Crippen molar-refractivity contribution in [2.45, 2.75) is 13.0 Å². The SMILES string of the molecule is COc1cccc(NC(=O)C[NH+](C)[C@@H](C)C(=O)Nc2cc(Cl)cc(Cl)c2)c1. The van der Waals surface area contributed by atoms with E-state index in [2.05, 4.69) is 10.6 Å².